The van der Waals surface area contributed by atoms with Crippen LogP contribution in [0.1, 0.15) is 32.7 Å². The van der Waals surface area contributed by atoms with Crippen molar-refractivity contribution >= 4 is 40.0 Å². The lowest BCUT2D eigenvalue weighted by Gasteiger charge is -2.31. The zero-order chi connectivity index (χ0) is 26.5. The van der Waals surface area contributed by atoms with Gasteiger partial charge in [0.15, 0.2) is 5.13 Å². The number of nitrogens with one attached hydrogen (secondary N) is 1. The Morgan fingerprint density at radius 3 is 2.26 bits per heavy atom. The highest BCUT2D eigenvalue weighted by atomic mass is 32.2. The van der Waals surface area contributed by atoms with Gasteiger partial charge in [0.2, 0.25) is 0 Å². The van der Waals surface area contributed by atoms with E-state index in [9.17, 15) is 9.90 Å². The summed E-state index contributed by atoms with van der Waals surface area (Å²) in [6.45, 7) is 2.00. The van der Waals surface area contributed by atoms with Crippen LogP contribution in [0.25, 0.3) is 0 Å². The lowest BCUT2D eigenvalue weighted by Crippen LogP contribution is -2.32. The predicted molar refractivity (Wildman–Crippen MR) is 151 cm³/mol. The zero-order valence-electron chi connectivity index (χ0n) is 20.5. The second-order valence-corrected chi connectivity index (χ2v) is 11.1. The number of primary amides is 1. The van der Waals surface area contributed by atoms with Crippen LogP contribution >= 0.6 is 23.1 Å². The minimum atomic E-state index is -1.41. The highest BCUT2D eigenvalue weighted by Gasteiger charge is 2.34. The molecule has 5 aromatic rings. The number of nitrogens with two attached hydrogens (primary N) is 1. The molecule has 5 rings (SSSR count). The van der Waals surface area contributed by atoms with Crippen LogP contribution < -0.4 is 11.1 Å². The maximum absolute atomic E-state index is 12.5. The van der Waals surface area contributed by atoms with E-state index >= 15 is 0 Å². The lowest BCUT2D eigenvalue weighted by molar-refractivity contribution is 0.0797. The largest absolute Gasteiger partial charge is 0.380 e. The Morgan fingerprint density at radius 2 is 1.63 bits per heavy atom. The maximum atomic E-state index is 12.5. The molecule has 0 fully saturated rings. The van der Waals surface area contributed by atoms with E-state index in [0.717, 1.165) is 14.7 Å². The number of benzene rings is 2. The van der Waals surface area contributed by atoms with Crippen molar-refractivity contribution in [2.75, 3.05) is 5.32 Å². The van der Waals surface area contributed by atoms with Crippen molar-refractivity contribution in [2.45, 2.75) is 28.1 Å². The third kappa shape index (κ3) is 5.60. The summed E-state index contributed by atoms with van der Waals surface area (Å²) in [4.78, 5) is 26.3. The number of thiazole rings is 1. The van der Waals surface area contributed by atoms with Gasteiger partial charge in [-0.25, -0.2) is 9.97 Å². The summed E-state index contributed by atoms with van der Waals surface area (Å²) in [6.07, 6.45) is 5.18. The Balaban J connectivity index is 1.51. The van der Waals surface area contributed by atoms with Gasteiger partial charge in [0.05, 0.1) is 10.4 Å². The molecule has 3 heterocycles. The van der Waals surface area contributed by atoms with Gasteiger partial charge in [0.25, 0.3) is 5.91 Å². The van der Waals surface area contributed by atoms with Gasteiger partial charge in [-0.05, 0) is 41.8 Å². The van der Waals surface area contributed by atoms with Crippen LogP contribution in [0.3, 0.4) is 0 Å². The van der Waals surface area contributed by atoms with Crippen molar-refractivity contribution in [1.29, 1.82) is 0 Å². The van der Waals surface area contributed by atoms with Gasteiger partial charge in [-0.3, -0.25) is 9.78 Å². The SMILES string of the molecule is Cc1ccnc(Nc2ncc(Sc3ccnc(C(N)=O)c3CC(O)(c3ccccc3)c3ccccc3)s2)c1. The number of amides is 1. The minimum absolute atomic E-state index is 0.104. The number of carbonyl (C=O) groups is 1. The van der Waals surface area contributed by atoms with E-state index in [0.29, 0.717) is 27.6 Å². The minimum Gasteiger partial charge on any atom is -0.380 e. The standard InChI is InChI=1S/C29H25N5O2S2/c1-19-12-14-31-24(16-19)34-28-33-18-25(38-28)37-23-13-15-32-26(27(30)35)22(23)17-29(36,20-8-4-2-5-9-20)21-10-6-3-7-11-21/h2-16,18,36H,17H2,1H3,(H2,30,35)(H,31,33,34). The Labute approximate surface area is 228 Å². The van der Waals surface area contributed by atoms with Gasteiger partial charge < -0.3 is 16.2 Å². The third-order valence-electron chi connectivity index (χ3n) is 6.03. The average Bonchev–Trinajstić information content (AvgIpc) is 3.37. The molecule has 0 atom stereocenters. The molecular weight excluding hydrogens is 514 g/mol. The van der Waals surface area contributed by atoms with Crippen LogP contribution in [-0.4, -0.2) is 26.0 Å². The number of hydrogen-bond donors (Lipinski definition) is 3. The Bertz CT molecular complexity index is 1520. The van der Waals surface area contributed by atoms with E-state index in [1.807, 2.05) is 85.8 Å². The average molecular weight is 540 g/mol. The first kappa shape index (κ1) is 25.6. The van der Waals surface area contributed by atoms with E-state index in [1.165, 1.54) is 23.1 Å². The molecule has 0 aliphatic carbocycles. The highest BCUT2D eigenvalue weighted by Crippen LogP contribution is 2.41. The van der Waals surface area contributed by atoms with Crippen LogP contribution in [-0.2, 0) is 12.0 Å². The highest BCUT2D eigenvalue weighted by molar-refractivity contribution is 8.01. The number of anilines is 2. The fourth-order valence-corrected chi connectivity index (χ4v) is 6.17. The molecule has 3 aromatic heterocycles. The molecule has 2 aromatic carbocycles. The maximum Gasteiger partial charge on any atom is 0.267 e. The number of pyridine rings is 2. The fourth-order valence-electron chi connectivity index (χ4n) is 4.19. The van der Waals surface area contributed by atoms with Gasteiger partial charge >= 0.3 is 0 Å². The summed E-state index contributed by atoms with van der Waals surface area (Å²) in [5.74, 6) is 0.0652. The van der Waals surface area contributed by atoms with Crippen molar-refractivity contribution in [1.82, 2.24) is 15.0 Å². The molecule has 0 bridgehead atoms. The smallest absolute Gasteiger partial charge is 0.267 e. The molecule has 38 heavy (non-hydrogen) atoms. The molecule has 4 N–H and O–H groups in total. The number of aryl methyl sites for hydroxylation is 1. The summed E-state index contributed by atoms with van der Waals surface area (Å²) in [6, 6.07) is 24.5. The number of nitrogens with zero attached hydrogens (tertiary/aromatic N) is 3. The van der Waals surface area contributed by atoms with E-state index < -0.39 is 11.5 Å². The molecule has 0 saturated heterocycles. The summed E-state index contributed by atoms with van der Waals surface area (Å²) in [7, 11) is 0. The molecule has 0 aliphatic heterocycles. The summed E-state index contributed by atoms with van der Waals surface area (Å²) in [5, 5.41) is 16.1. The van der Waals surface area contributed by atoms with Crippen molar-refractivity contribution in [3.63, 3.8) is 0 Å². The number of aliphatic hydroxyl groups is 1. The molecule has 0 saturated carbocycles. The van der Waals surface area contributed by atoms with Crippen molar-refractivity contribution in [2.24, 2.45) is 5.73 Å². The first-order chi connectivity index (χ1) is 18.4. The van der Waals surface area contributed by atoms with Gasteiger partial charge in [-0.1, -0.05) is 83.8 Å². The number of hydrogen-bond acceptors (Lipinski definition) is 8. The van der Waals surface area contributed by atoms with Crippen LogP contribution in [0.4, 0.5) is 10.9 Å². The van der Waals surface area contributed by atoms with Gasteiger partial charge in [0.1, 0.15) is 17.1 Å². The van der Waals surface area contributed by atoms with Gasteiger partial charge in [-0.2, -0.15) is 0 Å². The molecule has 190 valence electrons. The summed E-state index contributed by atoms with van der Waals surface area (Å²) < 4.78 is 0.894. The Hall–Kier alpha value is -4.05. The van der Waals surface area contributed by atoms with Gasteiger partial charge in [-0.15, -0.1) is 0 Å². The summed E-state index contributed by atoms with van der Waals surface area (Å²) in [5.41, 5.74) is 7.55. The predicted octanol–water partition coefficient (Wildman–Crippen LogP) is 5.71. The number of rotatable bonds is 9. The third-order valence-corrected chi connectivity index (χ3v) is 8.14. The molecule has 0 aliphatic rings. The first-order valence-corrected chi connectivity index (χ1v) is 13.5. The molecule has 9 heteroatoms. The van der Waals surface area contributed by atoms with E-state index in [2.05, 4.69) is 20.3 Å². The zero-order valence-corrected chi connectivity index (χ0v) is 22.2. The lowest BCUT2D eigenvalue weighted by atomic mass is 9.81. The van der Waals surface area contributed by atoms with Crippen LogP contribution in [0, 0.1) is 6.92 Å². The number of carbonyl (C=O) groups excluding carboxylic acids is 1. The van der Waals surface area contributed by atoms with E-state index in [1.54, 1.807) is 18.6 Å². The van der Waals surface area contributed by atoms with Crippen molar-refractivity contribution < 1.29 is 9.90 Å². The topological polar surface area (TPSA) is 114 Å². The molecule has 7 nitrogen and oxygen atoms in total. The van der Waals surface area contributed by atoms with Crippen LogP contribution in [0.5, 0.6) is 0 Å². The Kier molecular flexibility index (Phi) is 7.50. The van der Waals surface area contributed by atoms with E-state index in [4.69, 9.17) is 5.73 Å². The van der Waals surface area contributed by atoms with Crippen molar-refractivity contribution in [3.8, 4) is 0 Å². The van der Waals surface area contributed by atoms with Gasteiger partial charge in [0, 0.05) is 29.3 Å². The molecule has 0 spiro atoms. The van der Waals surface area contributed by atoms with Crippen LogP contribution in [0.2, 0.25) is 0 Å². The quantitative estimate of drug-likeness (QED) is 0.220. The van der Waals surface area contributed by atoms with Crippen LogP contribution in [0.15, 0.2) is 107 Å². The second kappa shape index (κ2) is 11.1. The molecular formula is C29H25N5O2S2. The molecule has 0 unspecified atom stereocenters. The van der Waals surface area contributed by atoms with Crippen molar-refractivity contribution in [3.05, 3.63) is 125 Å². The van der Waals surface area contributed by atoms with E-state index in [-0.39, 0.29) is 12.1 Å². The Morgan fingerprint density at radius 1 is 0.974 bits per heavy atom. The monoisotopic (exact) mass is 539 g/mol. The molecule has 1 amide bonds. The first-order valence-electron chi connectivity index (χ1n) is 11.9. The normalized spacial score (nSPS) is 11.3. The summed E-state index contributed by atoms with van der Waals surface area (Å²) >= 11 is 2.91. The number of aromatic nitrogens is 3. The second-order valence-electron chi connectivity index (χ2n) is 8.70. The molecule has 0 radical (unpaired) electrons. The fraction of sp³-hybridized carbons (Fsp3) is 0.103.